The molecule has 3 nitrogen and oxygen atoms in total. The molecule has 3 heteroatoms. The van der Waals surface area contributed by atoms with E-state index >= 15 is 0 Å². The molecule has 1 aromatic carbocycles. The summed E-state index contributed by atoms with van der Waals surface area (Å²) in [6.45, 7) is 12.8. The monoisotopic (exact) mass is 290 g/mol. The van der Waals surface area contributed by atoms with Gasteiger partial charge in [0, 0.05) is 11.6 Å². The molecule has 2 N–H and O–H groups in total. The molecule has 21 heavy (non-hydrogen) atoms. The van der Waals surface area contributed by atoms with Crippen molar-refractivity contribution in [2.45, 2.75) is 59.5 Å². The number of hydrogen-bond acceptors (Lipinski definition) is 2. The lowest BCUT2D eigenvalue weighted by Gasteiger charge is -2.22. The summed E-state index contributed by atoms with van der Waals surface area (Å²) in [5, 5.41) is 6.22. The van der Waals surface area contributed by atoms with Crippen molar-refractivity contribution in [2.75, 3.05) is 6.54 Å². The van der Waals surface area contributed by atoms with E-state index in [0.29, 0.717) is 12.5 Å². The van der Waals surface area contributed by atoms with Gasteiger partial charge in [-0.1, -0.05) is 38.1 Å². The Bertz CT molecular complexity index is 443. The van der Waals surface area contributed by atoms with Crippen LogP contribution < -0.4 is 10.6 Å². The lowest BCUT2D eigenvalue weighted by molar-refractivity contribution is -0.121. The largest absolute Gasteiger partial charge is 0.350 e. The molecule has 0 heterocycles. The molecule has 0 aliphatic rings. The maximum atomic E-state index is 11.8. The Kier molecular flexibility index (Phi) is 6.41. The van der Waals surface area contributed by atoms with Crippen LogP contribution in [0, 0.1) is 5.92 Å². The molecule has 1 amide bonds. The summed E-state index contributed by atoms with van der Waals surface area (Å²) in [6, 6.07) is 8.84. The van der Waals surface area contributed by atoms with Crippen LogP contribution in [0.3, 0.4) is 0 Å². The second-order valence-corrected chi connectivity index (χ2v) is 7.24. The van der Waals surface area contributed by atoms with E-state index in [1.54, 1.807) is 0 Å². The van der Waals surface area contributed by atoms with Gasteiger partial charge in [0.1, 0.15) is 0 Å². The fourth-order valence-corrected chi connectivity index (χ4v) is 2.24. The summed E-state index contributed by atoms with van der Waals surface area (Å²) in [4.78, 5) is 11.8. The van der Waals surface area contributed by atoms with Crippen LogP contribution >= 0.6 is 0 Å². The van der Waals surface area contributed by atoms with Crippen LogP contribution in [0.4, 0.5) is 0 Å². The SMILES string of the molecule is CC(C)Cc1ccc(C(C)NCC(=O)NC(C)(C)C)cc1. The van der Waals surface area contributed by atoms with Gasteiger partial charge in [-0.3, -0.25) is 4.79 Å². The minimum absolute atomic E-state index is 0.0331. The van der Waals surface area contributed by atoms with Crippen molar-refractivity contribution in [1.82, 2.24) is 10.6 Å². The number of rotatable bonds is 6. The maximum absolute atomic E-state index is 11.8. The Balaban J connectivity index is 2.48. The third-order valence-corrected chi connectivity index (χ3v) is 3.21. The molecule has 0 aromatic heterocycles. The number of carbonyl (C=O) groups excluding carboxylic acids is 1. The Morgan fingerprint density at radius 2 is 1.67 bits per heavy atom. The molecule has 0 saturated carbocycles. The van der Waals surface area contributed by atoms with Crippen molar-refractivity contribution in [3.8, 4) is 0 Å². The van der Waals surface area contributed by atoms with E-state index in [1.807, 2.05) is 20.8 Å². The van der Waals surface area contributed by atoms with Gasteiger partial charge < -0.3 is 10.6 Å². The van der Waals surface area contributed by atoms with Crippen molar-refractivity contribution in [2.24, 2.45) is 5.92 Å². The van der Waals surface area contributed by atoms with Crippen molar-refractivity contribution in [1.29, 1.82) is 0 Å². The first-order valence-corrected chi connectivity index (χ1v) is 7.80. The van der Waals surface area contributed by atoms with E-state index in [4.69, 9.17) is 0 Å². The minimum Gasteiger partial charge on any atom is -0.350 e. The Morgan fingerprint density at radius 1 is 1.10 bits per heavy atom. The molecule has 0 aliphatic heterocycles. The van der Waals surface area contributed by atoms with Gasteiger partial charge >= 0.3 is 0 Å². The Morgan fingerprint density at radius 3 is 2.14 bits per heavy atom. The normalized spacial score (nSPS) is 13.3. The first-order valence-electron chi connectivity index (χ1n) is 7.80. The average molecular weight is 290 g/mol. The average Bonchev–Trinajstić information content (AvgIpc) is 2.34. The zero-order valence-corrected chi connectivity index (χ0v) is 14.3. The predicted octanol–water partition coefficient (Wildman–Crippen LogP) is 3.45. The first kappa shape index (κ1) is 17.7. The number of amides is 1. The molecule has 0 bridgehead atoms. The summed E-state index contributed by atoms with van der Waals surface area (Å²) in [6.07, 6.45) is 1.11. The number of benzene rings is 1. The standard InChI is InChI=1S/C18H30N2O/c1-13(2)11-15-7-9-16(10-8-15)14(3)19-12-17(21)20-18(4,5)6/h7-10,13-14,19H,11-12H2,1-6H3,(H,20,21). The fourth-order valence-electron chi connectivity index (χ4n) is 2.24. The molecular weight excluding hydrogens is 260 g/mol. The number of carbonyl (C=O) groups is 1. The molecule has 0 saturated heterocycles. The van der Waals surface area contributed by atoms with Crippen molar-refractivity contribution < 1.29 is 4.79 Å². The zero-order chi connectivity index (χ0) is 16.0. The summed E-state index contributed by atoms with van der Waals surface area (Å²) < 4.78 is 0. The molecule has 1 unspecified atom stereocenters. The van der Waals surface area contributed by atoms with Gasteiger partial charge in [0.05, 0.1) is 6.54 Å². The van der Waals surface area contributed by atoms with Crippen LogP contribution in [-0.2, 0) is 11.2 Å². The summed E-state index contributed by atoms with van der Waals surface area (Å²) in [7, 11) is 0. The van der Waals surface area contributed by atoms with Gasteiger partial charge in [-0.15, -0.1) is 0 Å². The lowest BCUT2D eigenvalue weighted by atomic mass is 10.00. The van der Waals surface area contributed by atoms with Gasteiger partial charge in [-0.05, 0) is 51.2 Å². The quantitative estimate of drug-likeness (QED) is 0.842. The van der Waals surface area contributed by atoms with Crippen LogP contribution in [0.15, 0.2) is 24.3 Å². The molecule has 0 radical (unpaired) electrons. The highest BCUT2D eigenvalue weighted by atomic mass is 16.2. The number of hydrogen-bond donors (Lipinski definition) is 2. The second-order valence-electron chi connectivity index (χ2n) is 7.24. The van der Waals surface area contributed by atoms with Gasteiger partial charge in [0.2, 0.25) is 5.91 Å². The summed E-state index contributed by atoms with van der Waals surface area (Å²) >= 11 is 0. The van der Waals surface area contributed by atoms with E-state index in [1.165, 1.54) is 11.1 Å². The molecule has 0 spiro atoms. The molecule has 118 valence electrons. The van der Waals surface area contributed by atoms with Crippen molar-refractivity contribution in [3.63, 3.8) is 0 Å². The zero-order valence-electron chi connectivity index (χ0n) is 14.3. The Hall–Kier alpha value is -1.35. The predicted molar refractivity (Wildman–Crippen MR) is 89.3 cm³/mol. The van der Waals surface area contributed by atoms with E-state index < -0.39 is 0 Å². The third-order valence-electron chi connectivity index (χ3n) is 3.21. The van der Waals surface area contributed by atoms with Crippen LogP contribution in [0.25, 0.3) is 0 Å². The highest BCUT2D eigenvalue weighted by Gasteiger charge is 2.14. The van der Waals surface area contributed by atoms with Crippen LogP contribution in [0.5, 0.6) is 0 Å². The highest BCUT2D eigenvalue weighted by Crippen LogP contribution is 2.15. The summed E-state index contributed by atoms with van der Waals surface area (Å²) in [5.74, 6) is 0.707. The molecule has 0 fully saturated rings. The van der Waals surface area contributed by atoms with Gasteiger partial charge in [-0.25, -0.2) is 0 Å². The molecule has 1 rings (SSSR count). The van der Waals surface area contributed by atoms with Crippen LogP contribution in [-0.4, -0.2) is 18.0 Å². The van der Waals surface area contributed by atoms with Crippen LogP contribution in [0.2, 0.25) is 0 Å². The van der Waals surface area contributed by atoms with E-state index in [0.717, 1.165) is 6.42 Å². The maximum Gasteiger partial charge on any atom is 0.234 e. The van der Waals surface area contributed by atoms with Crippen molar-refractivity contribution >= 4 is 5.91 Å². The van der Waals surface area contributed by atoms with E-state index in [9.17, 15) is 4.79 Å². The minimum atomic E-state index is -0.180. The molecular formula is C18H30N2O. The fraction of sp³-hybridized carbons (Fsp3) is 0.611. The van der Waals surface area contributed by atoms with Crippen LogP contribution in [0.1, 0.15) is 58.7 Å². The molecule has 1 aromatic rings. The second kappa shape index (κ2) is 7.60. The van der Waals surface area contributed by atoms with Crippen molar-refractivity contribution in [3.05, 3.63) is 35.4 Å². The number of nitrogens with one attached hydrogen (secondary N) is 2. The topological polar surface area (TPSA) is 41.1 Å². The smallest absolute Gasteiger partial charge is 0.234 e. The third kappa shape index (κ3) is 7.28. The lowest BCUT2D eigenvalue weighted by Crippen LogP contribution is -2.45. The van der Waals surface area contributed by atoms with Gasteiger partial charge in [0.25, 0.3) is 0 Å². The summed E-state index contributed by atoms with van der Waals surface area (Å²) in [5.41, 5.74) is 2.40. The molecule has 0 aliphatic carbocycles. The first-order chi connectivity index (χ1) is 9.67. The van der Waals surface area contributed by atoms with E-state index in [-0.39, 0.29) is 17.5 Å². The van der Waals surface area contributed by atoms with E-state index in [2.05, 4.69) is 55.7 Å². The Labute approximate surface area is 129 Å². The van der Waals surface area contributed by atoms with Gasteiger partial charge in [-0.2, -0.15) is 0 Å². The van der Waals surface area contributed by atoms with Gasteiger partial charge in [0.15, 0.2) is 0 Å². The highest BCUT2D eigenvalue weighted by molar-refractivity contribution is 5.78. The molecule has 1 atom stereocenters.